The molecule has 3 aromatic rings. The maximum atomic E-state index is 12.2. The number of nitriles is 1. The number of hydrogen-bond acceptors (Lipinski definition) is 8. The van der Waals surface area contributed by atoms with Crippen molar-refractivity contribution in [1.82, 2.24) is 15.0 Å². The van der Waals surface area contributed by atoms with E-state index in [1.807, 2.05) is 30.5 Å². The topological polar surface area (TPSA) is 91.6 Å². The van der Waals surface area contributed by atoms with Crippen LogP contribution in [0.5, 0.6) is 0 Å². The molecule has 3 rings (SSSR count). The van der Waals surface area contributed by atoms with Crippen LogP contribution in [0.15, 0.2) is 34.0 Å². The smallest absolute Gasteiger partial charge is 0.232 e. The van der Waals surface area contributed by atoms with E-state index >= 15 is 0 Å². The van der Waals surface area contributed by atoms with Gasteiger partial charge in [-0.2, -0.15) is 5.26 Å². The molecule has 126 valence electrons. The Balaban J connectivity index is 1.62. The molecule has 3 aromatic heterocycles. The Bertz CT molecular complexity index is 914. The summed E-state index contributed by atoms with van der Waals surface area (Å²) >= 11 is 4.27. The van der Waals surface area contributed by atoms with Crippen molar-refractivity contribution in [3.63, 3.8) is 0 Å². The van der Waals surface area contributed by atoms with Crippen LogP contribution in [0.2, 0.25) is 0 Å². The van der Waals surface area contributed by atoms with Crippen molar-refractivity contribution >= 4 is 45.5 Å². The van der Waals surface area contributed by atoms with Gasteiger partial charge in [0, 0.05) is 11.6 Å². The Morgan fingerprint density at radius 3 is 3.04 bits per heavy atom. The summed E-state index contributed by atoms with van der Waals surface area (Å²) in [6.45, 7) is 1.87. The van der Waals surface area contributed by atoms with E-state index in [-0.39, 0.29) is 12.3 Å². The molecule has 1 N–H and O–H groups in total. The lowest BCUT2D eigenvalue weighted by Crippen LogP contribution is -2.14. The summed E-state index contributed by atoms with van der Waals surface area (Å²) in [6.07, 6.45) is 1.90. The number of pyridine rings is 1. The third-order valence-corrected chi connectivity index (χ3v) is 6.26. The number of amides is 1. The number of aromatic nitrogens is 3. The highest BCUT2D eigenvalue weighted by atomic mass is 32.2. The first-order valence-electron chi connectivity index (χ1n) is 7.28. The number of thiazole rings is 2. The average Bonchev–Trinajstić information content (AvgIpc) is 3.20. The van der Waals surface area contributed by atoms with E-state index < -0.39 is 0 Å². The zero-order valence-corrected chi connectivity index (χ0v) is 15.7. The van der Waals surface area contributed by atoms with Crippen LogP contribution in [0.4, 0.5) is 5.13 Å². The van der Waals surface area contributed by atoms with Gasteiger partial charge in [-0.1, -0.05) is 29.2 Å². The van der Waals surface area contributed by atoms with Crippen LogP contribution >= 0.6 is 34.4 Å². The van der Waals surface area contributed by atoms with Crippen molar-refractivity contribution in [2.45, 2.75) is 17.6 Å². The highest BCUT2D eigenvalue weighted by Crippen LogP contribution is 2.31. The Hall–Kier alpha value is -2.28. The summed E-state index contributed by atoms with van der Waals surface area (Å²) < 4.78 is 0.947. The van der Waals surface area contributed by atoms with Crippen molar-refractivity contribution in [3.8, 4) is 16.8 Å². The fourth-order valence-corrected chi connectivity index (χ4v) is 4.60. The lowest BCUT2D eigenvalue weighted by Gasteiger charge is -1.99. The second kappa shape index (κ2) is 8.20. The molecule has 9 heteroatoms. The van der Waals surface area contributed by atoms with Crippen LogP contribution in [-0.2, 0) is 11.2 Å². The first-order valence-corrected chi connectivity index (χ1v) is 9.96. The highest BCUT2D eigenvalue weighted by molar-refractivity contribution is 8.01. The van der Waals surface area contributed by atoms with Gasteiger partial charge < -0.3 is 5.32 Å². The molecule has 6 nitrogen and oxygen atoms in total. The van der Waals surface area contributed by atoms with Gasteiger partial charge in [-0.05, 0) is 19.1 Å². The second-order valence-corrected chi connectivity index (χ2v) is 8.02. The molecule has 3 heterocycles. The van der Waals surface area contributed by atoms with Gasteiger partial charge in [0.2, 0.25) is 5.91 Å². The van der Waals surface area contributed by atoms with Crippen molar-refractivity contribution in [2.24, 2.45) is 0 Å². The van der Waals surface area contributed by atoms with Crippen LogP contribution in [0.25, 0.3) is 10.7 Å². The van der Waals surface area contributed by atoms with Gasteiger partial charge in [0.25, 0.3) is 0 Å². The van der Waals surface area contributed by atoms with Crippen LogP contribution < -0.4 is 5.32 Å². The van der Waals surface area contributed by atoms with Gasteiger partial charge in [0.15, 0.2) is 5.13 Å². The molecule has 0 bridgehead atoms. The largest absolute Gasteiger partial charge is 0.302 e. The molecule has 25 heavy (non-hydrogen) atoms. The SMILES string of the molecule is Cc1nc(NC(=O)Cc2csc(-c3ccccn3)n2)sc1SCC#N. The molecule has 0 aliphatic carbocycles. The third kappa shape index (κ3) is 4.63. The molecule has 0 fully saturated rings. The van der Waals surface area contributed by atoms with E-state index in [2.05, 4.69) is 26.3 Å². The summed E-state index contributed by atoms with van der Waals surface area (Å²) in [5.74, 6) is 0.203. The van der Waals surface area contributed by atoms with E-state index in [1.165, 1.54) is 34.4 Å². The van der Waals surface area contributed by atoms with Crippen molar-refractivity contribution in [1.29, 1.82) is 5.26 Å². The van der Waals surface area contributed by atoms with Gasteiger partial charge in [-0.25, -0.2) is 9.97 Å². The van der Waals surface area contributed by atoms with Crippen molar-refractivity contribution in [3.05, 3.63) is 41.2 Å². The summed E-state index contributed by atoms with van der Waals surface area (Å²) in [6, 6.07) is 7.73. The Morgan fingerprint density at radius 2 is 2.28 bits per heavy atom. The quantitative estimate of drug-likeness (QED) is 0.648. The van der Waals surface area contributed by atoms with E-state index in [9.17, 15) is 4.79 Å². The molecular weight excluding hydrogens is 374 g/mol. The van der Waals surface area contributed by atoms with Crippen LogP contribution in [0, 0.1) is 18.3 Å². The number of rotatable bonds is 6. The molecular formula is C16H13N5OS3. The Labute approximate surface area is 157 Å². The number of nitrogens with zero attached hydrogens (tertiary/aromatic N) is 4. The summed E-state index contributed by atoms with van der Waals surface area (Å²) in [5, 5.41) is 14.7. The minimum Gasteiger partial charge on any atom is -0.302 e. The third-order valence-electron chi connectivity index (χ3n) is 3.05. The minimum atomic E-state index is -0.163. The molecule has 0 aliphatic rings. The second-order valence-electron chi connectivity index (χ2n) is 4.92. The molecule has 0 aromatic carbocycles. The van der Waals surface area contributed by atoms with E-state index in [1.54, 1.807) is 6.20 Å². The molecule has 0 aliphatic heterocycles. The minimum absolute atomic E-state index is 0.163. The fourth-order valence-electron chi connectivity index (χ4n) is 1.99. The van der Waals surface area contributed by atoms with Crippen LogP contribution in [-0.4, -0.2) is 26.6 Å². The molecule has 0 saturated heterocycles. The van der Waals surface area contributed by atoms with Gasteiger partial charge >= 0.3 is 0 Å². The van der Waals surface area contributed by atoms with E-state index in [0.29, 0.717) is 16.6 Å². The lowest BCUT2D eigenvalue weighted by molar-refractivity contribution is -0.115. The molecule has 0 atom stereocenters. The maximum Gasteiger partial charge on any atom is 0.232 e. The van der Waals surface area contributed by atoms with Gasteiger partial charge in [0.05, 0.1) is 39.5 Å². The maximum absolute atomic E-state index is 12.2. The van der Waals surface area contributed by atoms with Crippen LogP contribution in [0.1, 0.15) is 11.4 Å². The lowest BCUT2D eigenvalue weighted by atomic mass is 10.3. The number of carbonyl (C=O) groups excluding carboxylic acids is 1. The zero-order valence-electron chi connectivity index (χ0n) is 13.2. The fraction of sp³-hybridized carbons (Fsp3) is 0.188. The number of carbonyl (C=O) groups is 1. The molecule has 0 saturated carbocycles. The monoisotopic (exact) mass is 387 g/mol. The van der Waals surface area contributed by atoms with E-state index in [0.717, 1.165) is 20.6 Å². The standard InChI is InChI=1S/C16H13N5OS3/c1-10-15(23-7-5-17)25-16(19-10)21-13(22)8-11-9-24-14(20-11)12-4-2-3-6-18-12/h2-4,6,9H,7-8H2,1H3,(H,19,21,22). The summed E-state index contributed by atoms with van der Waals surface area (Å²) in [4.78, 5) is 25.3. The molecule has 0 radical (unpaired) electrons. The van der Waals surface area contributed by atoms with Gasteiger partial charge in [0.1, 0.15) is 5.01 Å². The normalized spacial score (nSPS) is 10.4. The number of anilines is 1. The van der Waals surface area contributed by atoms with Gasteiger partial charge in [-0.15, -0.1) is 11.3 Å². The van der Waals surface area contributed by atoms with Gasteiger partial charge in [-0.3, -0.25) is 9.78 Å². The predicted octanol–water partition coefficient (Wildman–Crippen LogP) is 3.77. The van der Waals surface area contributed by atoms with Crippen LogP contribution in [0.3, 0.4) is 0 Å². The number of thioether (sulfide) groups is 1. The average molecular weight is 388 g/mol. The number of aryl methyl sites for hydroxylation is 1. The summed E-state index contributed by atoms with van der Waals surface area (Å²) in [5.41, 5.74) is 2.33. The molecule has 0 unspecified atom stereocenters. The predicted molar refractivity (Wildman–Crippen MR) is 101 cm³/mol. The Morgan fingerprint density at radius 1 is 1.40 bits per heavy atom. The van der Waals surface area contributed by atoms with E-state index in [4.69, 9.17) is 5.26 Å². The Kier molecular flexibility index (Phi) is 5.75. The number of nitrogens with one attached hydrogen (secondary N) is 1. The first-order chi connectivity index (χ1) is 12.2. The summed E-state index contributed by atoms with van der Waals surface area (Å²) in [7, 11) is 0. The number of hydrogen-bond donors (Lipinski definition) is 1. The molecule has 1 amide bonds. The highest BCUT2D eigenvalue weighted by Gasteiger charge is 2.13. The molecule has 0 spiro atoms. The van der Waals surface area contributed by atoms with Crippen molar-refractivity contribution in [2.75, 3.05) is 11.1 Å². The first kappa shape index (κ1) is 17.5. The zero-order chi connectivity index (χ0) is 17.6. The van der Waals surface area contributed by atoms with Crippen molar-refractivity contribution < 1.29 is 4.79 Å².